The van der Waals surface area contributed by atoms with Crippen molar-refractivity contribution in [2.45, 2.75) is 64.5 Å². The molecule has 0 aromatic heterocycles. The van der Waals surface area contributed by atoms with Crippen LogP contribution in [0.5, 0.6) is 0 Å². The number of phosphoric ester groups is 1. The van der Waals surface area contributed by atoms with E-state index in [4.69, 9.17) is 15.6 Å². The summed E-state index contributed by atoms with van der Waals surface area (Å²) in [6, 6.07) is -1.43. The van der Waals surface area contributed by atoms with E-state index in [2.05, 4.69) is 16.0 Å². The topological polar surface area (TPSA) is 145 Å². The normalized spacial score (nSPS) is 16.2. The summed E-state index contributed by atoms with van der Waals surface area (Å²) >= 11 is 0. The summed E-state index contributed by atoms with van der Waals surface area (Å²) in [4.78, 5) is 31.4. The molecule has 0 aromatic rings. The lowest BCUT2D eigenvalue weighted by molar-refractivity contribution is -0.150. The highest BCUT2D eigenvalue weighted by Crippen LogP contribution is 2.43. The number of nitrogens with two attached hydrogens (primary N) is 1. The predicted octanol–water partition coefficient (Wildman–Crippen LogP) is 1.82. The second kappa shape index (κ2) is 12.4. The standard InChI is InChI=1S/C14H28NO8P/c1-3-4-5-6-7-8-13(16)23-11(2)9-21-24(19,20)22-10-12(15)14(17)18/h11-12H,3-10,15H2,1-2H3,(H,17,18)(H,19,20)/t11-,12+/m1/s1. The number of ether oxygens (including phenoxy) is 1. The van der Waals surface area contributed by atoms with E-state index in [0.717, 1.165) is 32.1 Å². The molecule has 0 aliphatic heterocycles. The first-order valence-corrected chi connectivity index (χ1v) is 9.47. The van der Waals surface area contributed by atoms with Crippen molar-refractivity contribution in [1.82, 2.24) is 0 Å². The lowest BCUT2D eigenvalue weighted by atomic mass is 10.1. The lowest BCUT2D eigenvalue weighted by Gasteiger charge is -2.17. The third-order valence-electron chi connectivity index (χ3n) is 3.02. The van der Waals surface area contributed by atoms with Crippen molar-refractivity contribution in [2.24, 2.45) is 5.73 Å². The van der Waals surface area contributed by atoms with Crippen LogP contribution in [-0.2, 0) is 27.9 Å². The molecule has 0 saturated heterocycles. The van der Waals surface area contributed by atoms with Crippen LogP contribution in [0.3, 0.4) is 0 Å². The fraction of sp³-hybridized carbons (Fsp3) is 0.857. The number of esters is 1. The first-order chi connectivity index (χ1) is 11.2. The van der Waals surface area contributed by atoms with Crippen LogP contribution in [0.4, 0.5) is 0 Å². The molecular formula is C14H28NO8P. The maximum atomic E-state index is 11.6. The number of rotatable bonds is 14. The highest BCUT2D eigenvalue weighted by molar-refractivity contribution is 7.47. The van der Waals surface area contributed by atoms with Crippen LogP contribution in [0.1, 0.15) is 52.4 Å². The van der Waals surface area contributed by atoms with E-state index < -0.39 is 38.5 Å². The second-order valence-corrected chi connectivity index (χ2v) is 6.92. The van der Waals surface area contributed by atoms with Gasteiger partial charge in [0.2, 0.25) is 0 Å². The quantitative estimate of drug-likeness (QED) is 0.237. The molecular weight excluding hydrogens is 341 g/mol. The highest BCUT2D eigenvalue weighted by atomic mass is 31.2. The minimum absolute atomic E-state index is 0.287. The summed E-state index contributed by atoms with van der Waals surface area (Å²) in [6.45, 7) is 2.60. The minimum Gasteiger partial charge on any atom is -0.480 e. The van der Waals surface area contributed by atoms with E-state index in [0.29, 0.717) is 0 Å². The summed E-state index contributed by atoms with van der Waals surface area (Å²) in [5.74, 6) is -1.76. The molecule has 0 aromatic carbocycles. The van der Waals surface area contributed by atoms with Crippen LogP contribution >= 0.6 is 7.82 Å². The number of carboxylic acid groups (broad SMARTS) is 1. The van der Waals surface area contributed by atoms with Gasteiger partial charge < -0.3 is 20.5 Å². The molecule has 10 heteroatoms. The minimum atomic E-state index is -4.45. The maximum Gasteiger partial charge on any atom is 0.472 e. The highest BCUT2D eigenvalue weighted by Gasteiger charge is 2.26. The van der Waals surface area contributed by atoms with Crippen molar-refractivity contribution in [2.75, 3.05) is 13.2 Å². The first kappa shape index (κ1) is 23.0. The lowest BCUT2D eigenvalue weighted by Crippen LogP contribution is -2.34. The number of carbonyl (C=O) groups is 2. The molecule has 0 saturated carbocycles. The summed E-state index contributed by atoms with van der Waals surface area (Å²) in [6.07, 6.45) is 4.58. The van der Waals surface area contributed by atoms with Crippen molar-refractivity contribution >= 4 is 19.8 Å². The Kier molecular flexibility index (Phi) is 11.9. The van der Waals surface area contributed by atoms with E-state index in [1.165, 1.54) is 6.92 Å². The molecule has 0 rings (SSSR count). The summed E-state index contributed by atoms with van der Waals surface area (Å²) in [5, 5.41) is 8.54. The fourth-order valence-electron chi connectivity index (χ4n) is 1.67. The van der Waals surface area contributed by atoms with Crippen LogP contribution in [0.15, 0.2) is 0 Å². The Morgan fingerprint density at radius 1 is 1.12 bits per heavy atom. The number of carbonyl (C=O) groups excluding carboxylic acids is 1. The van der Waals surface area contributed by atoms with Crippen molar-refractivity contribution in [3.8, 4) is 0 Å². The molecule has 142 valence electrons. The van der Waals surface area contributed by atoms with Crippen molar-refractivity contribution in [1.29, 1.82) is 0 Å². The van der Waals surface area contributed by atoms with Gasteiger partial charge in [-0.3, -0.25) is 18.6 Å². The van der Waals surface area contributed by atoms with E-state index in [1.54, 1.807) is 0 Å². The number of aliphatic carboxylic acids is 1. The smallest absolute Gasteiger partial charge is 0.472 e. The fourth-order valence-corrected chi connectivity index (χ4v) is 2.49. The third kappa shape index (κ3) is 12.4. The first-order valence-electron chi connectivity index (χ1n) is 7.97. The van der Waals surface area contributed by atoms with E-state index >= 15 is 0 Å². The van der Waals surface area contributed by atoms with Crippen LogP contribution < -0.4 is 5.73 Å². The van der Waals surface area contributed by atoms with Gasteiger partial charge in [-0.05, 0) is 13.3 Å². The Hall–Kier alpha value is -0.990. The van der Waals surface area contributed by atoms with E-state index in [9.17, 15) is 19.0 Å². The molecule has 0 fully saturated rings. The molecule has 4 N–H and O–H groups in total. The molecule has 0 bridgehead atoms. The Morgan fingerprint density at radius 2 is 1.71 bits per heavy atom. The van der Waals surface area contributed by atoms with Gasteiger partial charge in [-0.2, -0.15) is 0 Å². The second-order valence-electron chi connectivity index (χ2n) is 5.47. The van der Waals surface area contributed by atoms with E-state index in [1.807, 2.05) is 0 Å². The van der Waals surface area contributed by atoms with Gasteiger partial charge in [0, 0.05) is 6.42 Å². The number of carboxylic acids is 1. The van der Waals surface area contributed by atoms with Crippen molar-refractivity contribution in [3.05, 3.63) is 0 Å². The molecule has 0 aliphatic carbocycles. The molecule has 0 heterocycles. The van der Waals surface area contributed by atoms with Crippen molar-refractivity contribution in [3.63, 3.8) is 0 Å². The molecule has 0 spiro atoms. The molecule has 3 atom stereocenters. The van der Waals surface area contributed by atoms with Gasteiger partial charge >= 0.3 is 19.8 Å². The van der Waals surface area contributed by atoms with Crippen LogP contribution in [-0.4, -0.2) is 47.3 Å². The predicted molar refractivity (Wildman–Crippen MR) is 86.3 cm³/mol. The van der Waals surface area contributed by atoms with Crippen LogP contribution in [0.25, 0.3) is 0 Å². The van der Waals surface area contributed by atoms with Gasteiger partial charge in [-0.25, -0.2) is 4.57 Å². The van der Waals surface area contributed by atoms with E-state index in [-0.39, 0.29) is 13.0 Å². The summed E-state index contributed by atoms with van der Waals surface area (Å²) < 4.78 is 25.7. The Morgan fingerprint density at radius 3 is 2.29 bits per heavy atom. The van der Waals surface area contributed by atoms with Gasteiger partial charge in [0.25, 0.3) is 0 Å². The molecule has 0 radical (unpaired) electrons. The van der Waals surface area contributed by atoms with Gasteiger partial charge in [0.15, 0.2) is 0 Å². The van der Waals surface area contributed by atoms with Gasteiger partial charge in [0.1, 0.15) is 12.1 Å². The number of hydrogen-bond donors (Lipinski definition) is 3. The molecule has 24 heavy (non-hydrogen) atoms. The maximum absolute atomic E-state index is 11.6. The Bertz CT molecular complexity index is 431. The van der Waals surface area contributed by atoms with Crippen LogP contribution in [0.2, 0.25) is 0 Å². The average molecular weight is 369 g/mol. The SMILES string of the molecule is CCCCCCCC(=O)O[C@H](C)COP(=O)(O)OC[C@H](N)C(=O)O. The van der Waals surface area contributed by atoms with Gasteiger partial charge in [-0.15, -0.1) is 0 Å². The summed E-state index contributed by atoms with van der Waals surface area (Å²) in [5.41, 5.74) is 5.14. The largest absolute Gasteiger partial charge is 0.480 e. The van der Waals surface area contributed by atoms with Gasteiger partial charge in [-0.1, -0.05) is 32.6 Å². The summed E-state index contributed by atoms with van der Waals surface area (Å²) in [7, 11) is -4.45. The zero-order chi connectivity index (χ0) is 18.6. The molecule has 1 unspecified atom stereocenters. The zero-order valence-electron chi connectivity index (χ0n) is 14.2. The monoisotopic (exact) mass is 369 g/mol. The Balaban J connectivity index is 3.93. The van der Waals surface area contributed by atoms with Crippen LogP contribution in [0, 0.1) is 0 Å². The molecule has 0 aliphatic rings. The number of hydrogen-bond acceptors (Lipinski definition) is 7. The molecule has 9 nitrogen and oxygen atoms in total. The number of phosphoric acid groups is 1. The molecule has 0 amide bonds. The zero-order valence-corrected chi connectivity index (χ0v) is 15.1. The average Bonchev–Trinajstić information content (AvgIpc) is 2.50. The third-order valence-corrected chi connectivity index (χ3v) is 3.97. The van der Waals surface area contributed by atoms with Crippen molar-refractivity contribution < 1.29 is 37.9 Å². The van der Waals surface area contributed by atoms with Gasteiger partial charge in [0.05, 0.1) is 13.2 Å². The number of unbranched alkanes of at least 4 members (excludes halogenated alkanes) is 4. The Labute approximate surface area is 142 Å².